The van der Waals surface area contributed by atoms with Crippen molar-refractivity contribution in [3.05, 3.63) is 29.3 Å². The topological polar surface area (TPSA) is 58.7 Å². The van der Waals surface area contributed by atoms with E-state index in [9.17, 15) is 0 Å². The number of benzene rings is 1. The van der Waals surface area contributed by atoms with Crippen LogP contribution >= 0.6 is 0 Å². The van der Waals surface area contributed by atoms with Crippen molar-refractivity contribution in [3.8, 4) is 0 Å². The molecule has 0 spiro atoms. The molecular formula is C11H16N2O2. The summed E-state index contributed by atoms with van der Waals surface area (Å²) in [5, 5.41) is 10.1. The Morgan fingerprint density at radius 1 is 1.53 bits per heavy atom. The zero-order chi connectivity index (χ0) is 10.8. The summed E-state index contributed by atoms with van der Waals surface area (Å²) in [6.45, 7) is 0.198. The van der Waals surface area contributed by atoms with Crippen molar-refractivity contribution in [2.75, 3.05) is 12.1 Å². The predicted octanol–water partition coefficient (Wildman–Crippen LogP) is 1.86. The van der Waals surface area contributed by atoms with Crippen molar-refractivity contribution in [2.45, 2.75) is 25.4 Å². The van der Waals surface area contributed by atoms with E-state index in [0.29, 0.717) is 5.92 Å². The molecule has 0 atom stereocenters. The SMILES string of the molecule is CN(N)c1cccc(C2CC2)c1COO. The third-order valence-electron chi connectivity index (χ3n) is 2.79. The van der Waals surface area contributed by atoms with Crippen molar-refractivity contribution >= 4 is 5.69 Å². The van der Waals surface area contributed by atoms with Crippen LogP contribution in [0.25, 0.3) is 0 Å². The lowest BCUT2D eigenvalue weighted by Gasteiger charge is -2.19. The van der Waals surface area contributed by atoms with E-state index in [0.717, 1.165) is 11.3 Å². The van der Waals surface area contributed by atoms with Gasteiger partial charge in [0.2, 0.25) is 0 Å². The van der Waals surface area contributed by atoms with Gasteiger partial charge in [0.05, 0.1) is 5.69 Å². The first-order valence-corrected chi connectivity index (χ1v) is 5.10. The van der Waals surface area contributed by atoms with E-state index in [1.165, 1.54) is 18.4 Å². The Morgan fingerprint density at radius 2 is 2.27 bits per heavy atom. The maximum absolute atomic E-state index is 8.59. The molecule has 0 aromatic heterocycles. The Labute approximate surface area is 89.2 Å². The van der Waals surface area contributed by atoms with E-state index in [1.807, 2.05) is 12.1 Å². The van der Waals surface area contributed by atoms with Crippen molar-refractivity contribution in [1.82, 2.24) is 0 Å². The Bertz CT molecular complexity index is 328. The Hall–Kier alpha value is -1.10. The summed E-state index contributed by atoms with van der Waals surface area (Å²) in [5.41, 5.74) is 3.15. The highest BCUT2D eigenvalue weighted by molar-refractivity contribution is 5.56. The number of nitrogens with zero attached hydrogens (tertiary/aromatic N) is 1. The third-order valence-corrected chi connectivity index (χ3v) is 2.79. The lowest BCUT2D eigenvalue weighted by molar-refractivity contribution is -0.253. The molecule has 1 saturated carbocycles. The Morgan fingerprint density at radius 3 is 2.80 bits per heavy atom. The number of anilines is 1. The molecule has 1 aliphatic carbocycles. The number of hydrazine groups is 1. The number of rotatable bonds is 4. The molecule has 4 heteroatoms. The molecule has 1 aliphatic rings. The van der Waals surface area contributed by atoms with Gasteiger partial charge >= 0.3 is 0 Å². The van der Waals surface area contributed by atoms with E-state index in [2.05, 4.69) is 11.0 Å². The monoisotopic (exact) mass is 208 g/mol. The van der Waals surface area contributed by atoms with Gasteiger partial charge in [0.25, 0.3) is 0 Å². The molecule has 1 fully saturated rings. The minimum atomic E-state index is 0.198. The van der Waals surface area contributed by atoms with Crippen LogP contribution in [0.4, 0.5) is 5.69 Å². The largest absolute Gasteiger partial charge is 0.314 e. The minimum Gasteiger partial charge on any atom is -0.314 e. The molecule has 0 amide bonds. The first-order valence-electron chi connectivity index (χ1n) is 5.10. The lowest BCUT2D eigenvalue weighted by Crippen LogP contribution is -2.26. The highest BCUT2D eigenvalue weighted by atomic mass is 17.1. The molecule has 2 rings (SSSR count). The summed E-state index contributed by atoms with van der Waals surface area (Å²) in [6, 6.07) is 6.01. The van der Waals surface area contributed by atoms with E-state index in [-0.39, 0.29) is 6.61 Å². The van der Waals surface area contributed by atoms with E-state index < -0.39 is 0 Å². The molecule has 0 unspecified atom stereocenters. The Balaban J connectivity index is 2.40. The molecule has 0 heterocycles. The van der Waals surface area contributed by atoms with Crippen LogP contribution in [0.1, 0.15) is 29.9 Å². The van der Waals surface area contributed by atoms with Gasteiger partial charge in [0.15, 0.2) is 0 Å². The zero-order valence-electron chi connectivity index (χ0n) is 8.81. The van der Waals surface area contributed by atoms with Crippen LogP contribution in [0.2, 0.25) is 0 Å². The molecule has 0 aliphatic heterocycles. The van der Waals surface area contributed by atoms with Crippen molar-refractivity contribution in [2.24, 2.45) is 5.84 Å². The molecular weight excluding hydrogens is 192 g/mol. The normalized spacial score (nSPS) is 15.4. The maximum atomic E-state index is 8.59. The number of hydrogen-bond donors (Lipinski definition) is 2. The van der Waals surface area contributed by atoms with Crippen LogP contribution in [0.3, 0.4) is 0 Å². The summed E-state index contributed by atoms with van der Waals surface area (Å²) in [5.74, 6) is 6.35. The van der Waals surface area contributed by atoms with Crippen molar-refractivity contribution in [3.63, 3.8) is 0 Å². The van der Waals surface area contributed by atoms with Gasteiger partial charge in [-0.2, -0.15) is 0 Å². The molecule has 3 N–H and O–H groups in total. The molecule has 0 bridgehead atoms. The lowest BCUT2D eigenvalue weighted by atomic mass is 10.0. The summed E-state index contributed by atoms with van der Waals surface area (Å²) in [6.07, 6.45) is 2.44. The molecule has 0 saturated heterocycles. The maximum Gasteiger partial charge on any atom is 0.109 e. The summed E-state index contributed by atoms with van der Waals surface area (Å²) in [4.78, 5) is 4.26. The quantitative estimate of drug-likeness (QED) is 0.450. The smallest absolute Gasteiger partial charge is 0.109 e. The van der Waals surface area contributed by atoms with E-state index >= 15 is 0 Å². The molecule has 1 aromatic carbocycles. The van der Waals surface area contributed by atoms with Crippen LogP contribution in [0, 0.1) is 0 Å². The summed E-state index contributed by atoms with van der Waals surface area (Å²) >= 11 is 0. The fourth-order valence-electron chi connectivity index (χ4n) is 1.92. The van der Waals surface area contributed by atoms with Gasteiger partial charge in [-0.1, -0.05) is 12.1 Å². The second-order valence-corrected chi connectivity index (χ2v) is 4.00. The van der Waals surface area contributed by atoms with Crippen LogP contribution < -0.4 is 10.9 Å². The van der Waals surface area contributed by atoms with Gasteiger partial charge in [0.1, 0.15) is 6.61 Å². The second-order valence-electron chi connectivity index (χ2n) is 4.00. The van der Waals surface area contributed by atoms with Crippen LogP contribution in [0.15, 0.2) is 18.2 Å². The second kappa shape index (κ2) is 4.18. The average molecular weight is 208 g/mol. The van der Waals surface area contributed by atoms with Crippen molar-refractivity contribution in [1.29, 1.82) is 0 Å². The molecule has 1 aromatic rings. The summed E-state index contributed by atoms with van der Waals surface area (Å²) in [7, 11) is 1.78. The van der Waals surface area contributed by atoms with Gasteiger partial charge < -0.3 is 5.01 Å². The van der Waals surface area contributed by atoms with Crippen molar-refractivity contribution < 1.29 is 10.1 Å². The van der Waals surface area contributed by atoms with Gasteiger partial charge in [-0.15, -0.1) is 0 Å². The fourth-order valence-corrected chi connectivity index (χ4v) is 1.92. The molecule has 0 radical (unpaired) electrons. The molecule has 82 valence electrons. The van der Waals surface area contributed by atoms with Gasteiger partial charge in [0, 0.05) is 12.6 Å². The molecule has 4 nitrogen and oxygen atoms in total. The third kappa shape index (κ3) is 2.12. The zero-order valence-corrected chi connectivity index (χ0v) is 8.81. The standard InChI is InChI=1S/C11H16N2O2/c1-13(12)11-4-2-3-9(8-5-6-8)10(11)7-15-14/h2-4,8,14H,5-7,12H2,1H3. The van der Waals surface area contributed by atoms with E-state index in [4.69, 9.17) is 11.1 Å². The fraction of sp³-hybridized carbons (Fsp3) is 0.455. The van der Waals surface area contributed by atoms with Gasteiger partial charge in [-0.05, 0) is 30.4 Å². The average Bonchev–Trinajstić information content (AvgIpc) is 3.01. The van der Waals surface area contributed by atoms with Crippen LogP contribution in [-0.4, -0.2) is 12.3 Å². The number of hydrogen-bond acceptors (Lipinski definition) is 4. The van der Waals surface area contributed by atoms with Gasteiger partial charge in [-0.3, -0.25) is 5.26 Å². The first-order chi connectivity index (χ1) is 7.24. The Kier molecular flexibility index (Phi) is 2.90. The summed E-state index contributed by atoms with van der Waals surface area (Å²) < 4.78 is 0. The van der Waals surface area contributed by atoms with Gasteiger partial charge in [-0.25, -0.2) is 10.7 Å². The van der Waals surface area contributed by atoms with Crippen LogP contribution in [-0.2, 0) is 11.5 Å². The first kappa shape index (κ1) is 10.4. The number of nitrogens with two attached hydrogens (primary N) is 1. The molecule has 15 heavy (non-hydrogen) atoms. The van der Waals surface area contributed by atoms with E-state index in [1.54, 1.807) is 12.1 Å². The highest BCUT2D eigenvalue weighted by Crippen LogP contribution is 2.43. The predicted molar refractivity (Wildman–Crippen MR) is 58.4 cm³/mol. The highest BCUT2D eigenvalue weighted by Gasteiger charge is 2.27. The van der Waals surface area contributed by atoms with Crippen LogP contribution in [0.5, 0.6) is 0 Å². The minimum absolute atomic E-state index is 0.198.